The van der Waals surface area contributed by atoms with Crippen molar-refractivity contribution in [2.24, 2.45) is 0 Å². The summed E-state index contributed by atoms with van der Waals surface area (Å²) in [6.45, 7) is 2.27. The predicted molar refractivity (Wildman–Crippen MR) is 138 cm³/mol. The van der Waals surface area contributed by atoms with Crippen molar-refractivity contribution in [1.82, 2.24) is 4.98 Å². The molecule has 0 aliphatic heterocycles. The Morgan fingerprint density at radius 3 is 2.43 bits per heavy atom. The van der Waals surface area contributed by atoms with Crippen molar-refractivity contribution in [2.75, 3.05) is 23.9 Å². The number of rotatable bonds is 8. The Hall–Kier alpha value is -4.23. The number of nitrogens with zero attached hydrogens (tertiary/aromatic N) is 2. The lowest BCUT2D eigenvalue weighted by Gasteiger charge is -2.18. The third-order valence-corrected chi connectivity index (χ3v) is 5.69. The molecule has 178 valence electrons. The summed E-state index contributed by atoms with van der Waals surface area (Å²) < 4.78 is 5.59. The van der Waals surface area contributed by atoms with Gasteiger partial charge in [-0.15, -0.1) is 0 Å². The fraction of sp³-hybridized carbons (Fsp3) is 0.179. The number of carboxylic acid groups (broad SMARTS) is 1. The number of carbonyl (C=O) groups excluding carboxylic acids is 1. The highest BCUT2D eigenvalue weighted by molar-refractivity contribution is 6.02. The van der Waals surface area contributed by atoms with Crippen molar-refractivity contribution < 1.29 is 19.4 Å². The van der Waals surface area contributed by atoms with E-state index in [0.29, 0.717) is 23.8 Å². The lowest BCUT2D eigenvalue weighted by molar-refractivity contribution is -0.140. The van der Waals surface area contributed by atoms with E-state index in [4.69, 9.17) is 9.84 Å². The first kappa shape index (κ1) is 23.9. The molecule has 3 aromatic carbocycles. The number of nitrogens with one attached hydrogen (secondary N) is 1. The molecule has 2 N–H and O–H groups in total. The van der Waals surface area contributed by atoms with Crippen LogP contribution in [-0.2, 0) is 9.53 Å². The quantitative estimate of drug-likeness (QED) is 0.324. The summed E-state index contributed by atoms with van der Waals surface area (Å²) in [5, 5.41) is 14.2. The molecule has 1 heterocycles. The Kier molecular flexibility index (Phi) is 7.38. The molecule has 0 saturated carbocycles. The van der Waals surface area contributed by atoms with Crippen molar-refractivity contribution in [3.63, 3.8) is 0 Å². The molecule has 4 rings (SSSR count). The Morgan fingerprint density at radius 1 is 0.971 bits per heavy atom. The average Bonchev–Trinajstić information content (AvgIpc) is 2.88. The summed E-state index contributed by atoms with van der Waals surface area (Å²) in [7, 11) is 1.67. The van der Waals surface area contributed by atoms with Gasteiger partial charge in [-0.1, -0.05) is 60.7 Å². The molecule has 1 aromatic heterocycles. The van der Waals surface area contributed by atoms with E-state index < -0.39 is 12.1 Å². The van der Waals surface area contributed by atoms with E-state index in [1.54, 1.807) is 13.1 Å². The highest BCUT2D eigenvalue weighted by Crippen LogP contribution is 2.26. The number of pyridine rings is 1. The minimum atomic E-state index is -0.910. The van der Waals surface area contributed by atoms with Crippen LogP contribution >= 0.6 is 0 Å². The van der Waals surface area contributed by atoms with Crippen LogP contribution < -0.4 is 10.2 Å². The third-order valence-electron chi connectivity index (χ3n) is 5.69. The van der Waals surface area contributed by atoms with Crippen LogP contribution in [0.1, 0.15) is 25.0 Å². The van der Waals surface area contributed by atoms with Crippen molar-refractivity contribution >= 4 is 34.3 Å². The SMILES string of the molecule is CCOC(CC(=O)O)c1ccc(-c2cccc(N(C)C(=O)Nc3ccc4ccccc4c3)n2)cc1. The van der Waals surface area contributed by atoms with E-state index in [9.17, 15) is 9.59 Å². The molecular weight excluding hydrogens is 442 g/mol. The van der Waals surface area contributed by atoms with Crippen LogP contribution in [0.5, 0.6) is 0 Å². The molecule has 0 radical (unpaired) electrons. The van der Waals surface area contributed by atoms with Gasteiger partial charge >= 0.3 is 12.0 Å². The van der Waals surface area contributed by atoms with Crippen LogP contribution in [0, 0.1) is 0 Å². The van der Waals surface area contributed by atoms with Crippen LogP contribution in [0.4, 0.5) is 16.3 Å². The molecule has 7 heteroatoms. The Balaban J connectivity index is 1.49. The minimum absolute atomic E-state index is 0.0992. The first-order valence-electron chi connectivity index (χ1n) is 11.4. The maximum absolute atomic E-state index is 12.9. The number of anilines is 2. The molecule has 0 bridgehead atoms. The van der Waals surface area contributed by atoms with Crippen LogP contribution in [0.25, 0.3) is 22.0 Å². The molecule has 0 spiro atoms. The van der Waals surface area contributed by atoms with Gasteiger partial charge in [0.05, 0.1) is 18.2 Å². The van der Waals surface area contributed by atoms with Gasteiger partial charge in [0.15, 0.2) is 0 Å². The summed E-state index contributed by atoms with van der Waals surface area (Å²) in [5.41, 5.74) is 3.05. The Morgan fingerprint density at radius 2 is 1.71 bits per heavy atom. The summed E-state index contributed by atoms with van der Waals surface area (Å²) in [4.78, 5) is 30.1. The van der Waals surface area contributed by atoms with Gasteiger partial charge in [-0.2, -0.15) is 0 Å². The van der Waals surface area contributed by atoms with E-state index in [-0.39, 0.29) is 12.5 Å². The standard InChI is InChI=1S/C28H27N3O4/c1-3-35-25(18-27(32)33)21-13-11-20(12-14-21)24-9-6-10-26(30-24)31(2)28(34)29-23-16-15-19-7-4-5-8-22(19)17-23/h4-17,25H,3,18H2,1-2H3,(H,29,34)(H,32,33). The Bertz CT molecular complexity index is 1340. The molecule has 0 aliphatic rings. The number of fused-ring (bicyclic) bond motifs is 1. The summed E-state index contributed by atoms with van der Waals surface area (Å²) in [6, 6.07) is 26.4. The topological polar surface area (TPSA) is 91.8 Å². The van der Waals surface area contributed by atoms with Gasteiger partial charge in [0, 0.05) is 24.9 Å². The lowest BCUT2D eigenvalue weighted by Crippen LogP contribution is -2.31. The van der Waals surface area contributed by atoms with Gasteiger partial charge in [0.25, 0.3) is 0 Å². The molecule has 1 atom stereocenters. The maximum Gasteiger partial charge on any atom is 0.327 e. The van der Waals surface area contributed by atoms with E-state index in [1.165, 1.54) is 4.90 Å². The van der Waals surface area contributed by atoms with Crippen LogP contribution in [-0.4, -0.2) is 35.7 Å². The van der Waals surface area contributed by atoms with Crippen molar-refractivity contribution in [1.29, 1.82) is 0 Å². The summed E-state index contributed by atoms with van der Waals surface area (Å²) >= 11 is 0. The molecule has 35 heavy (non-hydrogen) atoms. The number of urea groups is 1. The monoisotopic (exact) mass is 469 g/mol. The van der Waals surface area contributed by atoms with Gasteiger partial charge in [-0.3, -0.25) is 9.69 Å². The van der Waals surface area contributed by atoms with Crippen molar-refractivity contribution in [3.8, 4) is 11.3 Å². The van der Waals surface area contributed by atoms with Crippen LogP contribution in [0.15, 0.2) is 84.9 Å². The fourth-order valence-electron chi connectivity index (χ4n) is 3.85. The van der Waals surface area contributed by atoms with Gasteiger partial charge < -0.3 is 15.2 Å². The molecule has 1 unspecified atom stereocenters. The van der Waals surface area contributed by atoms with E-state index in [2.05, 4.69) is 10.3 Å². The maximum atomic E-state index is 12.9. The molecule has 2 amide bonds. The lowest BCUT2D eigenvalue weighted by atomic mass is 10.0. The van der Waals surface area contributed by atoms with Gasteiger partial charge in [0.1, 0.15) is 5.82 Å². The van der Waals surface area contributed by atoms with Crippen molar-refractivity contribution in [3.05, 3.63) is 90.5 Å². The number of hydrogen-bond donors (Lipinski definition) is 2. The second kappa shape index (κ2) is 10.8. The zero-order chi connectivity index (χ0) is 24.8. The number of aliphatic carboxylic acids is 1. The normalized spacial score (nSPS) is 11.7. The van der Waals surface area contributed by atoms with Gasteiger partial charge in [0.2, 0.25) is 0 Å². The number of amides is 2. The van der Waals surface area contributed by atoms with E-state index >= 15 is 0 Å². The number of carboxylic acids is 1. The number of ether oxygens (including phenoxy) is 1. The smallest absolute Gasteiger partial charge is 0.327 e. The minimum Gasteiger partial charge on any atom is -0.481 e. The zero-order valence-electron chi connectivity index (χ0n) is 19.6. The predicted octanol–water partition coefficient (Wildman–Crippen LogP) is 6.12. The average molecular weight is 470 g/mol. The largest absolute Gasteiger partial charge is 0.481 e. The Labute approximate surface area is 204 Å². The van der Waals surface area contributed by atoms with Gasteiger partial charge in [-0.05, 0) is 47.5 Å². The number of carbonyl (C=O) groups is 2. The molecular formula is C28H27N3O4. The summed E-state index contributed by atoms with van der Waals surface area (Å²) in [5.74, 6) is -0.408. The van der Waals surface area contributed by atoms with Gasteiger partial charge in [-0.25, -0.2) is 9.78 Å². The molecule has 0 aliphatic carbocycles. The highest BCUT2D eigenvalue weighted by atomic mass is 16.5. The first-order chi connectivity index (χ1) is 16.9. The third kappa shape index (κ3) is 5.83. The van der Waals surface area contributed by atoms with Crippen LogP contribution in [0.2, 0.25) is 0 Å². The molecule has 0 saturated heterocycles. The first-order valence-corrected chi connectivity index (χ1v) is 11.4. The number of benzene rings is 3. The number of hydrogen-bond acceptors (Lipinski definition) is 4. The van der Waals surface area contributed by atoms with E-state index in [1.807, 2.05) is 85.8 Å². The van der Waals surface area contributed by atoms with Crippen molar-refractivity contribution in [2.45, 2.75) is 19.4 Å². The fourth-order valence-corrected chi connectivity index (χ4v) is 3.85. The highest BCUT2D eigenvalue weighted by Gasteiger charge is 2.17. The molecule has 7 nitrogen and oxygen atoms in total. The molecule has 0 fully saturated rings. The zero-order valence-corrected chi connectivity index (χ0v) is 19.6. The van der Waals surface area contributed by atoms with E-state index in [0.717, 1.165) is 21.9 Å². The summed E-state index contributed by atoms with van der Waals surface area (Å²) in [6.07, 6.45) is -0.603. The van der Waals surface area contributed by atoms with Crippen LogP contribution in [0.3, 0.4) is 0 Å². The second-order valence-corrected chi connectivity index (χ2v) is 8.10. The second-order valence-electron chi connectivity index (χ2n) is 8.10. The number of aromatic nitrogens is 1. The molecule has 4 aromatic rings.